The van der Waals surface area contributed by atoms with Gasteiger partial charge in [-0.25, -0.2) is 0 Å². The summed E-state index contributed by atoms with van der Waals surface area (Å²) in [4.78, 5) is 17.0. The molecule has 32 heavy (non-hydrogen) atoms. The van der Waals surface area contributed by atoms with Crippen LogP contribution < -0.4 is 14.8 Å². The Kier molecular flexibility index (Phi) is 6.71. The third-order valence-corrected chi connectivity index (χ3v) is 4.78. The number of benzene rings is 2. The van der Waals surface area contributed by atoms with Crippen molar-refractivity contribution >= 4 is 5.91 Å². The molecule has 0 aliphatic rings. The Morgan fingerprint density at radius 2 is 1.69 bits per heavy atom. The highest BCUT2D eigenvalue weighted by Gasteiger charge is 2.31. The molecule has 1 aromatic heterocycles. The van der Waals surface area contributed by atoms with Crippen LogP contribution in [0.1, 0.15) is 41.7 Å². The van der Waals surface area contributed by atoms with E-state index in [9.17, 15) is 18.0 Å². The van der Waals surface area contributed by atoms with E-state index >= 15 is 0 Å². The molecule has 0 saturated carbocycles. The van der Waals surface area contributed by atoms with Gasteiger partial charge in [0.2, 0.25) is 11.7 Å². The summed E-state index contributed by atoms with van der Waals surface area (Å²) < 4.78 is 54.1. The predicted molar refractivity (Wildman–Crippen MR) is 109 cm³/mol. The quantitative estimate of drug-likeness (QED) is 0.552. The number of hydrogen-bond donors (Lipinski definition) is 1. The molecule has 1 unspecified atom stereocenters. The summed E-state index contributed by atoms with van der Waals surface area (Å²) in [6, 6.07) is 8.46. The van der Waals surface area contributed by atoms with Gasteiger partial charge in [0, 0.05) is 11.1 Å². The molecule has 1 amide bonds. The van der Waals surface area contributed by atoms with Gasteiger partial charge < -0.3 is 19.3 Å². The van der Waals surface area contributed by atoms with Gasteiger partial charge in [-0.05, 0) is 48.4 Å². The molecule has 1 N–H and O–H groups in total. The fourth-order valence-electron chi connectivity index (χ4n) is 3.00. The van der Waals surface area contributed by atoms with E-state index in [4.69, 9.17) is 14.0 Å². The fourth-order valence-corrected chi connectivity index (χ4v) is 3.00. The lowest BCUT2D eigenvalue weighted by molar-refractivity contribution is -0.137. The van der Waals surface area contributed by atoms with Crippen molar-refractivity contribution in [2.75, 3.05) is 14.2 Å². The first-order valence-corrected chi connectivity index (χ1v) is 9.68. The molecular formula is C22H22F3N3O4. The van der Waals surface area contributed by atoms with E-state index in [-0.39, 0.29) is 23.2 Å². The van der Waals surface area contributed by atoms with Crippen molar-refractivity contribution in [1.82, 2.24) is 15.5 Å². The first-order chi connectivity index (χ1) is 15.1. The maximum Gasteiger partial charge on any atom is 0.416 e. The van der Waals surface area contributed by atoms with Crippen molar-refractivity contribution in [1.29, 1.82) is 0 Å². The van der Waals surface area contributed by atoms with Gasteiger partial charge in [-0.1, -0.05) is 19.0 Å². The molecule has 0 radical (unpaired) electrons. The molecule has 0 bridgehead atoms. The second-order valence-corrected chi connectivity index (χ2v) is 7.30. The highest BCUT2D eigenvalue weighted by molar-refractivity contribution is 5.94. The highest BCUT2D eigenvalue weighted by atomic mass is 19.4. The minimum atomic E-state index is -4.47. The van der Waals surface area contributed by atoms with Crippen molar-refractivity contribution in [2.45, 2.75) is 26.1 Å². The topological polar surface area (TPSA) is 86.5 Å². The van der Waals surface area contributed by atoms with Crippen molar-refractivity contribution in [3.05, 3.63) is 59.5 Å². The summed E-state index contributed by atoms with van der Waals surface area (Å²) in [5, 5.41) is 6.73. The third-order valence-electron chi connectivity index (χ3n) is 4.78. The van der Waals surface area contributed by atoms with Crippen LogP contribution in [0.4, 0.5) is 13.2 Å². The van der Waals surface area contributed by atoms with E-state index < -0.39 is 23.7 Å². The zero-order chi connectivity index (χ0) is 23.5. The number of amides is 1. The Morgan fingerprint density at radius 3 is 2.25 bits per heavy atom. The van der Waals surface area contributed by atoms with Crippen LogP contribution in [0.2, 0.25) is 0 Å². The van der Waals surface area contributed by atoms with E-state index in [1.165, 1.54) is 14.2 Å². The Morgan fingerprint density at radius 1 is 1.03 bits per heavy atom. The van der Waals surface area contributed by atoms with Gasteiger partial charge in [-0.15, -0.1) is 0 Å². The molecule has 0 saturated heterocycles. The molecule has 0 aliphatic heterocycles. The van der Waals surface area contributed by atoms with Crippen molar-refractivity contribution < 1.29 is 32.0 Å². The first kappa shape index (κ1) is 23.1. The number of ether oxygens (including phenoxy) is 2. The first-order valence-electron chi connectivity index (χ1n) is 9.68. The number of carbonyl (C=O) groups is 1. The van der Waals surface area contributed by atoms with Crippen LogP contribution in [0, 0.1) is 5.92 Å². The monoisotopic (exact) mass is 449 g/mol. The standard InChI is InChI=1S/C22H22F3N3O4/c1-12(2)18(26-20(29)13-5-8-15(9-6-13)22(23,24)25)21-27-19(28-32-21)14-7-10-16(30-3)17(11-14)31-4/h5-12,18H,1-4H3,(H,26,29). The molecule has 2 aromatic carbocycles. The van der Waals surface area contributed by atoms with Crippen molar-refractivity contribution in [3.8, 4) is 22.9 Å². The van der Waals surface area contributed by atoms with E-state index in [0.717, 1.165) is 24.3 Å². The summed E-state index contributed by atoms with van der Waals surface area (Å²) >= 11 is 0. The molecular weight excluding hydrogens is 427 g/mol. The minimum Gasteiger partial charge on any atom is -0.493 e. The van der Waals surface area contributed by atoms with Crippen molar-refractivity contribution in [3.63, 3.8) is 0 Å². The molecule has 10 heteroatoms. The number of nitrogens with one attached hydrogen (secondary N) is 1. The minimum absolute atomic E-state index is 0.0864. The molecule has 3 rings (SSSR count). The second kappa shape index (κ2) is 9.29. The predicted octanol–water partition coefficient (Wildman–Crippen LogP) is 4.90. The molecule has 0 spiro atoms. The molecule has 3 aromatic rings. The van der Waals surface area contributed by atoms with Gasteiger partial charge in [0.05, 0.1) is 19.8 Å². The number of halogens is 3. The Balaban J connectivity index is 1.81. The average molecular weight is 449 g/mol. The van der Waals surface area contributed by atoms with Crippen LogP contribution in [0.25, 0.3) is 11.4 Å². The summed E-state index contributed by atoms with van der Waals surface area (Å²) in [7, 11) is 3.03. The maximum atomic E-state index is 12.7. The summed E-state index contributed by atoms with van der Waals surface area (Å²) in [5.41, 5.74) is -0.122. The number of nitrogens with zero attached hydrogens (tertiary/aromatic N) is 2. The Labute approximate surface area is 182 Å². The van der Waals surface area contributed by atoms with Gasteiger partial charge >= 0.3 is 6.18 Å². The van der Waals surface area contributed by atoms with Gasteiger partial charge in [-0.3, -0.25) is 4.79 Å². The lowest BCUT2D eigenvalue weighted by Crippen LogP contribution is -2.32. The van der Waals surface area contributed by atoms with E-state index in [2.05, 4.69) is 15.5 Å². The summed E-state index contributed by atoms with van der Waals surface area (Å²) in [6.45, 7) is 3.69. The fraction of sp³-hybridized carbons (Fsp3) is 0.318. The largest absolute Gasteiger partial charge is 0.493 e. The van der Waals surface area contributed by atoms with Crippen LogP contribution in [-0.4, -0.2) is 30.3 Å². The number of aromatic nitrogens is 2. The smallest absolute Gasteiger partial charge is 0.416 e. The van der Waals surface area contributed by atoms with Crippen LogP contribution in [0.3, 0.4) is 0 Å². The van der Waals surface area contributed by atoms with Crippen LogP contribution >= 0.6 is 0 Å². The number of rotatable bonds is 7. The molecule has 1 heterocycles. The van der Waals surface area contributed by atoms with Gasteiger partial charge in [0.15, 0.2) is 11.5 Å². The summed E-state index contributed by atoms with van der Waals surface area (Å²) in [5.74, 6) is 0.812. The van der Waals surface area contributed by atoms with Gasteiger partial charge in [-0.2, -0.15) is 18.2 Å². The summed E-state index contributed by atoms with van der Waals surface area (Å²) in [6.07, 6.45) is -4.47. The average Bonchev–Trinajstić information content (AvgIpc) is 3.25. The number of methoxy groups -OCH3 is 2. The molecule has 0 fully saturated rings. The highest BCUT2D eigenvalue weighted by Crippen LogP contribution is 2.32. The number of carbonyl (C=O) groups excluding carboxylic acids is 1. The van der Waals surface area contributed by atoms with Crippen LogP contribution in [0.15, 0.2) is 47.0 Å². The maximum absolute atomic E-state index is 12.7. The lowest BCUT2D eigenvalue weighted by atomic mass is 10.0. The van der Waals surface area contributed by atoms with Gasteiger partial charge in [0.25, 0.3) is 5.91 Å². The number of alkyl halides is 3. The van der Waals surface area contributed by atoms with E-state index in [1.54, 1.807) is 18.2 Å². The third kappa shape index (κ3) is 5.01. The van der Waals surface area contributed by atoms with E-state index in [1.807, 2.05) is 13.8 Å². The molecule has 0 aliphatic carbocycles. The molecule has 170 valence electrons. The molecule has 7 nitrogen and oxygen atoms in total. The second-order valence-electron chi connectivity index (χ2n) is 7.30. The Bertz CT molecular complexity index is 1080. The lowest BCUT2D eigenvalue weighted by Gasteiger charge is -2.18. The number of hydrogen-bond acceptors (Lipinski definition) is 6. The zero-order valence-electron chi connectivity index (χ0n) is 17.9. The molecule has 1 atom stereocenters. The normalized spacial score (nSPS) is 12.5. The van der Waals surface area contributed by atoms with Crippen LogP contribution in [0.5, 0.6) is 11.5 Å². The Hall–Kier alpha value is -3.56. The van der Waals surface area contributed by atoms with E-state index in [0.29, 0.717) is 17.1 Å². The van der Waals surface area contributed by atoms with Gasteiger partial charge in [0.1, 0.15) is 6.04 Å². The SMILES string of the molecule is COc1ccc(-c2noc(C(NC(=O)c3ccc(C(F)(F)F)cc3)C(C)C)n2)cc1OC. The van der Waals surface area contributed by atoms with Crippen LogP contribution in [-0.2, 0) is 6.18 Å². The van der Waals surface area contributed by atoms with Crippen molar-refractivity contribution in [2.24, 2.45) is 5.92 Å². The zero-order valence-corrected chi connectivity index (χ0v) is 17.9.